The van der Waals surface area contributed by atoms with Gasteiger partial charge in [-0.05, 0) is 128 Å². The van der Waals surface area contributed by atoms with Gasteiger partial charge in [0.15, 0.2) is 0 Å². The van der Waals surface area contributed by atoms with Gasteiger partial charge in [-0.1, -0.05) is 96.2 Å². The summed E-state index contributed by atoms with van der Waals surface area (Å²) >= 11 is 0. The van der Waals surface area contributed by atoms with Crippen LogP contribution in [-0.2, 0) is 5.41 Å². The molecule has 0 spiro atoms. The van der Waals surface area contributed by atoms with Crippen molar-refractivity contribution in [2.45, 2.75) is 99.5 Å². The summed E-state index contributed by atoms with van der Waals surface area (Å²) in [5, 5.41) is 0. The average Bonchev–Trinajstić information content (AvgIpc) is 2.97. The number of hydrogen-bond acceptors (Lipinski definition) is 2. The summed E-state index contributed by atoms with van der Waals surface area (Å²) in [6, 6.07) is 24.9. The van der Waals surface area contributed by atoms with Crippen LogP contribution in [0.3, 0.4) is 0 Å². The Morgan fingerprint density at radius 2 is 1.27 bits per heavy atom. The van der Waals surface area contributed by atoms with Crippen LogP contribution >= 0.6 is 0 Å². The van der Waals surface area contributed by atoms with Gasteiger partial charge in [-0.15, -0.1) is 0 Å². The monoisotopic (exact) mass is 584 g/mol. The Labute approximate surface area is 267 Å². The van der Waals surface area contributed by atoms with E-state index in [0.29, 0.717) is 0 Å². The van der Waals surface area contributed by atoms with Crippen LogP contribution in [0.4, 0.5) is 22.7 Å². The minimum atomic E-state index is -0.179. The molecular formula is C42H52N2. The first-order valence-electron chi connectivity index (χ1n) is 16.3. The van der Waals surface area contributed by atoms with E-state index in [2.05, 4.69) is 176 Å². The molecule has 2 nitrogen and oxygen atoms in total. The number of para-hydroxylation sites is 1. The molecule has 0 heterocycles. The van der Waals surface area contributed by atoms with Crippen molar-refractivity contribution in [2.24, 2.45) is 5.41 Å². The van der Waals surface area contributed by atoms with Gasteiger partial charge in [-0.3, -0.25) is 0 Å². The third-order valence-corrected chi connectivity index (χ3v) is 9.50. The summed E-state index contributed by atoms with van der Waals surface area (Å²) in [6.45, 7) is 23.0. The number of allylic oxidation sites excluding steroid dienone is 5. The van der Waals surface area contributed by atoms with Gasteiger partial charge in [-0.2, -0.15) is 0 Å². The molecule has 0 N–H and O–H groups in total. The van der Waals surface area contributed by atoms with Gasteiger partial charge in [0.1, 0.15) is 0 Å². The number of nitrogens with zero attached hydrogens (tertiary/aromatic N) is 2. The van der Waals surface area contributed by atoms with Crippen LogP contribution in [-0.4, -0.2) is 5.54 Å². The fourth-order valence-corrected chi connectivity index (χ4v) is 6.67. The number of anilines is 4. The molecule has 2 aliphatic rings. The van der Waals surface area contributed by atoms with Gasteiger partial charge in [-0.25, -0.2) is 0 Å². The van der Waals surface area contributed by atoms with Gasteiger partial charge >= 0.3 is 0 Å². The molecule has 1 atom stereocenters. The molecule has 0 fully saturated rings. The zero-order valence-electron chi connectivity index (χ0n) is 28.8. The molecule has 3 aromatic rings. The molecule has 0 saturated heterocycles. The highest BCUT2D eigenvalue weighted by Gasteiger charge is 2.37. The normalized spacial score (nSPS) is 18.8. The smallest absolute Gasteiger partial charge is 0.0669 e. The maximum atomic E-state index is 2.54. The molecule has 0 amide bonds. The molecule has 2 heteroatoms. The van der Waals surface area contributed by atoms with E-state index in [9.17, 15) is 0 Å². The largest absolute Gasteiger partial charge is 0.331 e. The standard InChI is InChI=1S/C42H52N2/c1-30-27-34(41(7,8)9)28-31(2)39(30)43(35-17-13-11-14-18-35)36-21-23-38(24-22-36)44(37-19-15-12-16-20-37)42(10)26-25-33(29-32(42)3)40(4,5)6/h12-13,15-25,27-29H,11,14,26H2,1-10H3. The molecule has 0 aliphatic heterocycles. The maximum absolute atomic E-state index is 2.54. The van der Waals surface area contributed by atoms with Crippen LogP contribution in [0.25, 0.3) is 0 Å². The quantitative estimate of drug-likeness (QED) is 0.284. The lowest BCUT2D eigenvalue weighted by Crippen LogP contribution is -2.45. The van der Waals surface area contributed by atoms with E-state index in [1.807, 2.05) is 0 Å². The molecule has 0 aromatic heterocycles. The van der Waals surface area contributed by atoms with E-state index >= 15 is 0 Å². The SMILES string of the molecule is CC1=CC(C(C)(C)C)=CCC1(C)N(c1ccccc1)c1ccc(N(C2=CCCC=C2)c2c(C)cc(C(C)(C)C)cc2C)cc1. The maximum Gasteiger partial charge on any atom is 0.0669 e. The fourth-order valence-electron chi connectivity index (χ4n) is 6.67. The first kappa shape index (κ1) is 31.6. The lowest BCUT2D eigenvalue weighted by Gasteiger charge is -2.46. The average molecular weight is 585 g/mol. The zero-order chi connectivity index (χ0) is 31.9. The molecule has 0 saturated carbocycles. The Kier molecular flexibility index (Phi) is 8.60. The highest BCUT2D eigenvalue weighted by atomic mass is 15.2. The summed E-state index contributed by atoms with van der Waals surface area (Å²) in [7, 11) is 0. The van der Waals surface area contributed by atoms with Crippen molar-refractivity contribution in [1.29, 1.82) is 0 Å². The summed E-state index contributed by atoms with van der Waals surface area (Å²) < 4.78 is 0. The zero-order valence-corrected chi connectivity index (χ0v) is 28.8. The Hall–Kier alpha value is -3.78. The molecule has 1 unspecified atom stereocenters. The second-order valence-corrected chi connectivity index (χ2v) is 15.1. The van der Waals surface area contributed by atoms with Crippen LogP contribution < -0.4 is 9.80 Å². The molecular weight excluding hydrogens is 532 g/mol. The van der Waals surface area contributed by atoms with Gasteiger partial charge < -0.3 is 9.80 Å². The Morgan fingerprint density at radius 1 is 0.682 bits per heavy atom. The Bertz CT molecular complexity index is 1590. The van der Waals surface area contributed by atoms with Crippen molar-refractivity contribution in [2.75, 3.05) is 9.80 Å². The third kappa shape index (κ3) is 6.23. The number of hydrogen-bond donors (Lipinski definition) is 0. The molecule has 0 bridgehead atoms. The minimum Gasteiger partial charge on any atom is -0.331 e. The Morgan fingerprint density at radius 3 is 1.80 bits per heavy atom. The predicted octanol–water partition coefficient (Wildman–Crippen LogP) is 12.2. The van der Waals surface area contributed by atoms with Crippen LogP contribution in [0.2, 0.25) is 0 Å². The van der Waals surface area contributed by atoms with Crippen molar-refractivity contribution < 1.29 is 0 Å². The summed E-state index contributed by atoms with van der Waals surface area (Å²) in [5.74, 6) is 0. The first-order chi connectivity index (χ1) is 20.7. The van der Waals surface area contributed by atoms with Crippen molar-refractivity contribution >= 4 is 22.7 Å². The van der Waals surface area contributed by atoms with E-state index in [-0.39, 0.29) is 16.4 Å². The third-order valence-electron chi connectivity index (χ3n) is 9.50. The van der Waals surface area contributed by atoms with Crippen molar-refractivity contribution in [1.82, 2.24) is 0 Å². The minimum absolute atomic E-state index is 0.107. The summed E-state index contributed by atoms with van der Waals surface area (Å²) in [4.78, 5) is 5.01. The number of aryl methyl sites for hydroxylation is 2. The fraction of sp³-hybridized carbons (Fsp3) is 0.381. The second kappa shape index (κ2) is 12.0. The summed E-state index contributed by atoms with van der Waals surface area (Å²) in [6.07, 6.45) is 15.0. The Balaban J connectivity index is 1.60. The highest BCUT2D eigenvalue weighted by Crippen LogP contribution is 2.46. The van der Waals surface area contributed by atoms with Crippen molar-refractivity contribution in [3.8, 4) is 0 Å². The number of rotatable bonds is 6. The molecule has 230 valence electrons. The first-order valence-corrected chi connectivity index (χ1v) is 16.3. The molecule has 2 aliphatic carbocycles. The van der Waals surface area contributed by atoms with Crippen LogP contribution in [0.1, 0.15) is 91.3 Å². The van der Waals surface area contributed by atoms with Crippen LogP contribution in [0.5, 0.6) is 0 Å². The molecule has 0 radical (unpaired) electrons. The van der Waals surface area contributed by atoms with E-state index in [1.165, 1.54) is 56.3 Å². The van der Waals surface area contributed by atoms with E-state index in [0.717, 1.165) is 19.3 Å². The van der Waals surface area contributed by atoms with Crippen molar-refractivity contribution in [3.05, 3.63) is 131 Å². The van der Waals surface area contributed by atoms with Gasteiger partial charge in [0.2, 0.25) is 0 Å². The lowest BCUT2D eigenvalue weighted by atomic mass is 9.75. The van der Waals surface area contributed by atoms with E-state index in [1.54, 1.807) is 0 Å². The van der Waals surface area contributed by atoms with Gasteiger partial charge in [0.05, 0.1) is 11.2 Å². The summed E-state index contributed by atoms with van der Waals surface area (Å²) in [5.41, 5.74) is 13.0. The van der Waals surface area contributed by atoms with E-state index in [4.69, 9.17) is 0 Å². The topological polar surface area (TPSA) is 6.48 Å². The lowest BCUT2D eigenvalue weighted by molar-refractivity contribution is 0.481. The highest BCUT2D eigenvalue weighted by molar-refractivity contribution is 5.78. The molecule has 5 rings (SSSR count). The van der Waals surface area contributed by atoms with Crippen molar-refractivity contribution in [3.63, 3.8) is 0 Å². The number of benzene rings is 3. The van der Waals surface area contributed by atoms with Crippen LogP contribution in [0.15, 0.2) is 114 Å². The van der Waals surface area contributed by atoms with E-state index < -0.39 is 0 Å². The van der Waals surface area contributed by atoms with Gasteiger partial charge in [0.25, 0.3) is 0 Å². The van der Waals surface area contributed by atoms with Gasteiger partial charge in [0, 0.05) is 22.8 Å². The molecule has 44 heavy (non-hydrogen) atoms. The molecule has 3 aromatic carbocycles. The van der Waals surface area contributed by atoms with Crippen LogP contribution in [0, 0.1) is 19.3 Å². The second-order valence-electron chi connectivity index (χ2n) is 15.1. The predicted molar refractivity (Wildman–Crippen MR) is 193 cm³/mol.